The number of carbonyl (C=O) groups is 1. The Morgan fingerprint density at radius 2 is 2.21 bits per heavy atom. The minimum atomic E-state index is -0.327. The third kappa shape index (κ3) is 3.31. The summed E-state index contributed by atoms with van der Waals surface area (Å²) in [6.07, 6.45) is 0.183. The number of rotatable bonds is 5. The predicted octanol–water partition coefficient (Wildman–Crippen LogP) is 2.10. The standard InChI is InChI=1S/C17H21FN4O2/c1-3-24-11-15-19-20-17-12(2)21(7-8-22(15)17)16(23)10-13-5-4-6-14(18)9-13/h4-6,9,12H,3,7-8,10-11H2,1-2H3/t12-/m1/s1. The predicted molar refractivity (Wildman–Crippen MR) is 85.6 cm³/mol. The van der Waals surface area contributed by atoms with Crippen LogP contribution in [0.3, 0.4) is 0 Å². The van der Waals surface area contributed by atoms with Gasteiger partial charge in [-0.25, -0.2) is 4.39 Å². The largest absolute Gasteiger partial charge is 0.374 e. The van der Waals surface area contributed by atoms with Crippen LogP contribution in [0.4, 0.5) is 4.39 Å². The summed E-state index contributed by atoms with van der Waals surface area (Å²) in [5.74, 6) is 1.19. The zero-order valence-electron chi connectivity index (χ0n) is 13.9. The van der Waals surface area contributed by atoms with Crippen LogP contribution in [0.2, 0.25) is 0 Å². The van der Waals surface area contributed by atoms with E-state index in [9.17, 15) is 9.18 Å². The zero-order chi connectivity index (χ0) is 17.1. The Bertz CT molecular complexity index is 731. The average molecular weight is 332 g/mol. The minimum absolute atomic E-state index is 0.0336. The van der Waals surface area contributed by atoms with Crippen molar-refractivity contribution in [2.24, 2.45) is 0 Å². The van der Waals surface area contributed by atoms with Crippen molar-refractivity contribution in [3.05, 3.63) is 47.3 Å². The number of hydrogen-bond donors (Lipinski definition) is 0. The highest BCUT2D eigenvalue weighted by Gasteiger charge is 2.31. The summed E-state index contributed by atoms with van der Waals surface area (Å²) < 4.78 is 20.7. The van der Waals surface area contributed by atoms with E-state index in [1.54, 1.807) is 17.0 Å². The second-order valence-corrected chi connectivity index (χ2v) is 5.83. The number of amides is 1. The van der Waals surface area contributed by atoms with Crippen molar-refractivity contribution in [2.45, 2.75) is 39.5 Å². The molecule has 1 aliphatic rings. The van der Waals surface area contributed by atoms with Crippen molar-refractivity contribution >= 4 is 5.91 Å². The lowest BCUT2D eigenvalue weighted by atomic mass is 10.1. The molecule has 0 aliphatic carbocycles. The number of halogens is 1. The maximum absolute atomic E-state index is 13.3. The molecule has 1 atom stereocenters. The molecular weight excluding hydrogens is 311 g/mol. The fourth-order valence-electron chi connectivity index (χ4n) is 3.01. The van der Waals surface area contributed by atoms with E-state index in [0.717, 1.165) is 11.6 Å². The van der Waals surface area contributed by atoms with Crippen molar-refractivity contribution in [1.29, 1.82) is 0 Å². The van der Waals surface area contributed by atoms with Crippen LogP contribution in [-0.2, 0) is 29.1 Å². The van der Waals surface area contributed by atoms with Gasteiger partial charge in [0.1, 0.15) is 12.4 Å². The molecule has 24 heavy (non-hydrogen) atoms. The summed E-state index contributed by atoms with van der Waals surface area (Å²) in [5.41, 5.74) is 0.677. The SMILES string of the molecule is CCOCc1nnc2n1CCN(C(=O)Cc1cccc(F)c1)[C@@H]2C. The first-order valence-corrected chi connectivity index (χ1v) is 8.13. The highest BCUT2D eigenvalue weighted by Crippen LogP contribution is 2.25. The van der Waals surface area contributed by atoms with Crippen molar-refractivity contribution in [3.8, 4) is 0 Å². The number of aromatic nitrogens is 3. The second-order valence-electron chi connectivity index (χ2n) is 5.83. The Kier molecular flexibility index (Phi) is 4.89. The fourth-order valence-corrected chi connectivity index (χ4v) is 3.01. The Balaban J connectivity index is 1.72. The van der Waals surface area contributed by atoms with Crippen molar-refractivity contribution in [3.63, 3.8) is 0 Å². The molecule has 1 amide bonds. The molecule has 7 heteroatoms. The summed E-state index contributed by atoms with van der Waals surface area (Å²) in [5, 5.41) is 8.40. The third-order valence-electron chi connectivity index (χ3n) is 4.26. The molecular formula is C17H21FN4O2. The van der Waals surface area contributed by atoms with Gasteiger partial charge in [-0.1, -0.05) is 12.1 Å². The summed E-state index contributed by atoms with van der Waals surface area (Å²) in [7, 11) is 0. The van der Waals surface area contributed by atoms with Gasteiger partial charge in [-0.15, -0.1) is 10.2 Å². The number of hydrogen-bond acceptors (Lipinski definition) is 4. The molecule has 0 fully saturated rings. The molecule has 1 aromatic heterocycles. The molecule has 0 spiro atoms. The van der Waals surface area contributed by atoms with Gasteiger partial charge in [0.25, 0.3) is 0 Å². The van der Waals surface area contributed by atoms with Gasteiger partial charge in [0, 0.05) is 19.7 Å². The van der Waals surface area contributed by atoms with E-state index < -0.39 is 0 Å². The minimum Gasteiger partial charge on any atom is -0.374 e. The lowest BCUT2D eigenvalue weighted by Crippen LogP contribution is -2.42. The molecule has 3 rings (SSSR count). The summed E-state index contributed by atoms with van der Waals surface area (Å²) in [6, 6.07) is 5.99. The van der Waals surface area contributed by atoms with E-state index in [1.807, 2.05) is 18.4 Å². The quantitative estimate of drug-likeness (QED) is 0.841. The highest BCUT2D eigenvalue weighted by molar-refractivity contribution is 5.79. The Morgan fingerprint density at radius 3 is 2.96 bits per heavy atom. The van der Waals surface area contributed by atoms with Crippen LogP contribution in [0.15, 0.2) is 24.3 Å². The molecule has 2 aromatic rings. The third-order valence-corrected chi connectivity index (χ3v) is 4.26. The number of benzene rings is 1. The number of fused-ring (bicyclic) bond motifs is 1. The Morgan fingerprint density at radius 1 is 1.38 bits per heavy atom. The monoisotopic (exact) mass is 332 g/mol. The highest BCUT2D eigenvalue weighted by atomic mass is 19.1. The van der Waals surface area contributed by atoms with E-state index in [1.165, 1.54) is 12.1 Å². The van der Waals surface area contributed by atoms with Gasteiger partial charge in [-0.2, -0.15) is 0 Å². The van der Waals surface area contributed by atoms with Crippen molar-refractivity contribution < 1.29 is 13.9 Å². The molecule has 0 N–H and O–H groups in total. The topological polar surface area (TPSA) is 60.3 Å². The Labute approximate surface area is 140 Å². The molecule has 0 radical (unpaired) electrons. The molecule has 0 bridgehead atoms. The van der Waals surface area contributed by atoms with Crippen LogP contribution in [0.1, 0.15) is 37.1 Å². The van der Waals surface area contributed by atoms with Gasteiger partial charge in [-0.3, -0.25) is 4.79 Å². The zero-order valence-corrected chi connectivity index (χ0v) is 13.9. The molecule has 0 saturated heterocycles. The lowest BCUT2D eigenvalue weighted by Gasteiger charge is -2.33. The van der Waals surface area contributed by atoms with Crippen LogP contribution < -0.4 is 0 Å². The summed E-state index contributed by atoms with van der Waals surface area (Å²) >= 11 is 0. The van der Waals surface area contributed by atoms with Gasteiger partial charge < -0.3 is 14.2 Å². The van der Waals surface area contributed by atoms with E-state index in [0.29, 0.717) is 31.9 Å². The molecule has 1 aliphatic heterocycles. The molecule has 0 saturated carbocycles. The second kappa shape index (κ2) is 7.09. The lowest BCUT2D eigenvalue weighted by molar-refractivity contribution is -0.133. The van der Waals surface area contributed by atoms with E-state index in [2.05, 4.69) is 10.2 Å². The molecule has 128 valence electrons. The first-order valence-electron chi connectivity index (χ1n) is 8.13. The van der Waals surface area contributed by atoms with E-state index >= 15 is 0 Å². The van der Waals surface area contributed by atoms with Crippen LogP contribution in [0.5, 0.6) is 0 Å². The Hall–Kier alpha value is -2.28. The van der Waals surface area contributed by atoms with Gasteiger partial charge in [-0.05, 0) is 31.5 Å². The number of nitrogens with zero attached hydrogens (tertiary/aromatic N) is 4. The summed E-state index contributed by atoms with van der Waals surface area (Å²) in [4.78, 5) is 14.4. The molecule has 2 heterocycles. The number of carbonyl (C=O) groups excluding carboxylic acids is 1. The maximum atomic E-state index is 13.3. The van der Waals surface area contributed by atoms with Gasteiger partial charge in [0.15, 0.2) is 11.6 Å². The van der Waals surface area contributed by atoms with Crippen LogP contribution >= 0.6 is 0 Å². The van der Waals surface area contributed by atoms with Crippen LogP contribution in [0.25, 0.3) is 0 Å². The molecule has 0 unspecified atom stereocenters. The maximum Gasteiger partial charge on any atom is 0.227 e. The summed E-state index contributed by atoms with van der Waals surface area (Å²) in [6.45, 7) is 6.14. The van der Waals surface area contributed by atoms with Gasteiger partial charge in [0.05, 0.1) is 12.5 Å². The van der Waals surface area contributed by atoms with Crippen molar-refractivity contribution in [2.75, 3.05) is 13.2 Å². The molecule has 6 nitrogen and oxygen atoms in total. The normalized spacial score (nSPS) is 17.0. The van der Waals surface area contributed by atoms with Crippen molar-refractivity contribution in [1.82, 2.24) is 19.7 Å². The van der Waals surface area contributed by atoms with Gasteiger partial charge in [0.2, 0.25) is 5.91 Å². The first kappa shape index (κ1) is 16.6. The van der Waals surface area contributed by atoms with E-state index in [4.69, 9.17) is 4.74 Å². The average Bonchev–Trinajstić information content (AvgIpc) is 2.97. The number of ether oxygens (including phenoxy) is 1. The fraction of sp³-hybridized carbons (Fsp3) is 0.471. The molecule has 1 aromatic carbocycles. The van der Waals surface area contributed by atoms with Crippen LogP contribution in [0, 0.1) is 5.82 Å². The van der Waals surface area contributed by atoms with E-state index in [-0.39, 0.29) is 24.2 Å². The van der Waals surface area contributed by atoms with Gasteiger partial charge >= 0.3 is 0 Å². The first-order chi connectivity index (χ1) is 11.6. The smallest absolute Gasteiger partial charge is 0.227 e. The van der Waals surface area contributed by atoms with Crippen LogP contribution in [-0.4, -0.2) is 38.7 Å².